The summed E-state index contributed by atoms with van der Waals surface area (Å²) < 4.78 is 2.03. The van der Waals surface area contributed by atoms with Crippen LogP contribution in [0.25, 0.3) is 0 Å². The van der Waals surface area contributed by atoms with E-state index in [1.54, 1.807) is 0 Å². The number of amides is 1. The van der Waals surface area contributed by atoms with Gasteiger partial charge in [-0.05, 0) is 44.0 Å². The zero-order valence-corrected chi connectivity index (χ0v) is 13.7. The maximum atomic E-state index is 12.4. The molecule has 6 heteroatoms. The lowest BCUT2D eigenvalue weighted by Gasteiger charge is -2.41. The number of piperidine rings is 1. The summed E-state index contributed by atoms with van der Waals surface area (Å²) >= 11 is 4.43. The summed E-state index contributed by atoms with van der Waals surface area (Å²) in [5.41, 5.74) is 0.864. The molecule has 1 aromatic heterocycles. The van der Waals surface area contributed by atoms with Gasteiger partial charge < -0.3 is 10.6 Å². The van der Waals surface area contributed by atoms with Crippen LogP contribution in [0.5, 0.6) is 0 Å². The van der Waals surface area contributed by atoms with Crippen LogP contribution in [0.4, 0.5) is 0 Å². The number of aromatic nitrogens is 1. The largest absolute Gasteiger partial charge is 0.350 e. The Kier molecular flexibility index (Phi) is 5.00. The number of carbonyl (C=O) groups is 1. The third-order valence-corrected chi connectivity index (χ3v) is 5.09. The van der Waals surface area contributed by atoms with Crippen LogP contribution in [0.15, 0.2) is 24.4 Å². The lowest BCUT2D eigenvalue weighted by Crippen LogP contribution is -2.56. The molecule has 2 aliphatic heterocycles. The average molecular weight is 320 g/mol. The van der Waals surface area contributed by atoms with Crippen molar-refractivity contribution in [3.8, 4) is 0 Å². The van der Waals surface area contributed by atoms with Gasteiger partial charge in [-0.15, -0.1) is 0 Å². The Morgan fingerprint density at radius 2 is 2.18 bits per heavy atom. The van der Waals surface area contributed by atoms with E-state index < -0.39 is 0 Å². The van der Waals surface area contributed by atoms with E-state index in [1.807, 2.05) is 28.7 Å². The minimum absolute atomic E-state index is 0.176. The van der Waals surface area contributed by atoms with Crippen molar-refractivity contribution in [2.75, 3.05) is 26.2 Å². The molecule has 0 aliphatic carbocycles. The molecule has 2 saturated heterocycles. The summed E-state index contributed by atoms with van der Waals surface area (Å²) in [6.45, 7) is 3.71. The molecule has 0 radical (unpaired) electrons. The van der Waals surface area contributed by atoms with Gasteiger partial charge in [0.05, 0.1) is 0 Å². The highest BCUT2D eigenvalue weighted by Crippen LogP contribution is 2.27. The fraction of sp³-hybridized carbons (Fsp3) is 0.625. The molecule has 0 aromatic carbocycles. The molecule has 3 rings (SSSR count). The van der Waals surface area contributed by atoms with E-state index in [4.69, 9.17) is 0 Å². The smallest absolute Gasteiger partial charge is 0.220 e. The Labute approximate surface area is 137 Å². The molecule has 3 heterocycles. The molecule has 5 nitrogen and oxygen atoms in total. The molecule has 0 spiro atoms. The number of carbonyl (C=O) groups excluding carboxylic acids is 1. The van der Waals surface area contributed by atoms with Gasteiger partial charge in [0.1, 0.15) is 0 Å². The first-order valence-corrected chi connectivity index (χ1v) is 8.41. The van der Waals surface area contributed by atoms with Crippen molar-refractivity contribution in [3.05, 3.63) is 30.1 Å². The molecule has 1 amide bonds. The Hall–Kier alpha value is -1.11. The highest BCUT2D eigenvalue weighted by atomic mass is 32.1. The van der Waals surface area contributed by atoms with Crippen molar-refractivity contribution in [2.24, 2.45) is 5.92 Å². The quantitative estimate of drug-likeness (QED) is 0.709. The number of nitrogens with zero attached hydrogens (tertiary/aromatic N) is 2. The van der Waals surface area contributed by atoms with Gasteiger partial charge in [-0.1, -0.05) is 18.9 Å². The van der Waals surface area contributed by atoms with Gasteiger partial charge in [-0.25, -0.2) is 0 Å². The van der Waals surface area contributed by atoms with Crippen LogP contribution in [0.1, 0.15) is 25.0 Å². The van der Waals surface area contributed by atoms with Crippen LogP contribution in [0.3, 0.4) is 0 Å². The Balaban J connectivity index is 1.66. The molecule has 0 saturated carbocycles. The second-order valence-electron chi connectivity index (χ2n) is 6.51. The number of hydrogen-bond acceptors (Lipinski definition) is 5. The molecule has 2 aliphatic rings. The van der Waals surface area contributed by atoms with E-state index in [2.05, 4.69) is 28.4 Å². The Morgan fingerprint density at radius 3 is 2.77 bits per heavy atom. The summed E-state index contributed by atoms with van der Waals surface area (Å²) in [4.78, 5) is 16.8. The minimum atomic E-state index is -0.179. The zero-order valence-electron chi connectivity index (χ0n) is 12.8. The highest BCUT2D eigenvalue weighted by Gasteiger charge is 2.36. The lowest BCUT2D eigenvalue weighted by atomic mass is 9.83. The van der Waals surface area contributed by atoms with Crippen molar-refractivity contribution in [3.63, 3.8) is 0 Å². The first kappa shape index (κ1) is 15.8. The third-order valence-electron chi connectivity index (χ3n) is 4.69. The number of nitrogens with one attached hydrogen (secondary N) is 2. The predicted molar refractivity (Wildman–Crippen MR) is 89.6 cm³/mol. The Morgan fingerprint density at radius 1 is 1.41 bits per heavy atom. The second-order valence-corrected chi connectivity index (χ2v) is 7.07. The van der Waals surface area contributed by atoms with Crippen LogP contribution in [0, 0.1) is 5.92 Å². The molecule has 0 unspecified atom stereocenters. The van der Waals surface area contributed by atoms with Crippen molar-refractivity contribution >= 4 is 18.7 Å². The van der Waals surface area contributed by atoms with E-state index in [9.17, 15) is 4.79 Å². The van der Waals surface area contributed by atoms with Gasteiger partial charge in [-0.3, -0.25) is 14.1 Å². The van der Waals surface area contributed by atoms with Crippen LogP contribution in [-0.2, 0) is 11.2 Å². The molecule has 2 N–H and O–H groups in total. The molecular formula is C16H24N4OS. The van der Waals surface area contributed by atoms with Crippen molar-refractivity contribution in [2.45, 2.75) is 31.2 Å². The summed E-state index contributed by atoms with van der Waals surface area (Å²) in [6.07, 6.45) is 5.08. The zero-order chi connectivity index (χ0) is 15.4. The van der Waals surface area contributed by atoms with Gasteiger partial charge in [0.15, 0.2) is 0 Å². The monoisotopic (exact) mass is 320 g/mol. The van der Waals surface area contributed by atoms with Crippen LogP contribution in [0.2, 0.25) is 0 Å². The van der Waals surface area contributed by atoms with Gasteiger partial charge in [0.25, 0.3) is 0 Å². The first-order chi connectivity index (χ1) is 10.7. The van der Waals surface area contributed by atoms with Gasteiger partial charge in [-0.2, -0.15) is 0 Å². The SMILES string of the molecule is O=C(CC1CNC1)NC1(Cc2ccccn2)CCN(S)CC1. The summed E-state index contributed by atoms with van der Waals surface area (Å²) in [5, 5.41) is 6.55. The molecule has 1 aromatic rings. The predicted octanol–water partition coefficient (Wildman–Crippen LogP) is 1.03. The summed E-state index contributed by atoms with van der Waals surface area (Å²) in [6, 6.07) is 5.97. The van der Waals surface area contributed by atoms with E-state index >= 15 is 0 Å². The normalized spacial score (nSPS) is 22.0. The van der Waals surface area contributed by atoms with E-state index in [0.717, 1.165) is 51.1 Å². The lowest BCUT2D eigenvalue weighted by molar-refractivity contribution is -0.124. The van der Waals surface area contributed by atoms with Gasteiger partial charge in [0.2, 0.25) is 5.91 Å². The van der Waals surface area contributed by atoms with E-state index in [1.165, 1.54) is 0 Å². The van der Waals surface area contributed by atoms with Crippen LogP contribution in [-0.4, -0.2) is 46.9 Å². The van der Waals surface area contributed by atoms with Crippen LogP contribution < -0.4 is 10.6 Å². The van der Waals surface area contributed by atoms with Gasteiger partial charge in [0, 0.05) is 43.4 Å². The van der Waals surface area contributed by atoms with Crippen molar-refractivity contribution in [1.82, 2.24) is 19.9 Å². The average Bonchev–Trinajstić information content (AvgIpc) is 2.47. The maximum Gasteiger partial charge on any atom is 0.220 e. The van der Waals surface area contributed by atoms with Crippen molar-refractivity contribution < 1.29 is 4.79 Å². The first-order valence-electron chi connectivity index (χ1n) is 8.01. The number of pyridine rings is 1. The Bertz CT molecular complexity index is 498. The maximum absolute atomic E-state index is 12.4. The van der Waals surface area contributed by atoms with Crippen LogP contribution >= 0.6 is 12.8 Å². The standard InChI is InChI=1S/C16H24N4OS/c21-15(9-13-11-17-12-13)19-16(4-7-20(22)8-5-16)10-14-3-1-2-6-18-14/h1-3,6,13,17,22H,4-5,7-12H2,(H,19,21). The fourth-order valence-electron chi connectivity index (χ4n) is 3.22. The molecule has 120 valence electrons. The number of hydrogen-bond donors (Lipinski definition) is 3. The minimum Gasteiger partial charge on any atom is -0.350 e. The van der Waals surface area contributed by atoms with Crippen molar-refractivity contribution in [1.29, 1.82) is 0 Å². The molecule has 22 heavy (non-hydrogen) atoms. The molecule has 2 fully saturated rings. The van der Waals surface area contributed by atoms with E-state index in [0.29, 0.717) is 12.3 Å². The molecule has 0 atom stereocenters. The number of thiol groups is 1. The molecule has 0 bridgehead atoms. The molecular weight excluding hydrogens is 296 g/mol. The van der Waals surface area contributed by atoms with Gasteiger partial charge >= 0.3 is 0 Å². The topological polar surface area (TPSA) is 57.3 Å². The summed E-state index contributed by atoms with van der Waals surface area (Å²) in [5.74, 6) is 0.673. The fourth-order valence-corrected chi connectivity index (χ4v) is 3.42. The van der Waals surface area contributed by atoms with E-state index in [-0.39, 0.29) is 11.4 Å². The number of rotatable bonds is 5. The highest BCUT2D eigenvalue weighted by molar-refractivity contribution is 7.77. The third kappa shape index (κ3) is 4.00. The second kappa shape index (κ2) is 6.98. The summed E-state index contributed by atoms with van der Waals surface area (Å²) in [7, 11) is 0.